The lowest BCUT2D eigenvalue weighted by Gasteiger charge is -2.35. The molecule has 4 nitrogen and oxygen atoms in total. The van der Waals surface area contributed by atoms with Crippen molar-refractivity contribution >= 4 is 29.5 Å². The molecule has 2 aromatic carbocycles. The Bertz CT molecular complexity index is 1010. The minimum absolute atomic E-state index is 0. The van der Waals surface area contributed by atoms with Gasteiger partial charge in [-0.2, -0.15) is 0 Å². The molecule has 1 N–H and O–H groups in total. The maximum atomic E-state index is 11.1. The molecule has 0 saturated heterocycles. The number of H-pyrrole nitrogens is 1. The third-order valence-corrected chi connectivity index (χ3v) is 5.14. The lowest BCUT2D eigenvalue weighted by Crippen LogP contribution is -3.00. The van der Waals surface area contributed by atoms with E-state index in [1.165, 1.54) is 0 Å². The number of pyridine rings is 1. The van der Waals surface area contributed by atoms with Crippen LogP contribution in [0, 0.1) is 0 Å². The van der Waals surface area contributed by atoms with Crippen LogP contribution in [-0.2, 0) is 0 Å². The molecule has 1 aliphatic heterocycles. The van der Waals surface area contributed by atoms with Gasteiger partial charge in [-0.15, -0.1) is 0 Å². The van der Waals surface area contributed by atoms with Crippen molar-refractivity contribution in [1.82, 2.24) is 4.48 Å². The summed E-state index contributed by atoms with van der Waals surface area (Å²) < 4.78 is 0.487. The second-order valence-corrected chi connectivity index (χ2v) is 6.73. The summed E-state index contributed by atoms with van der Waals surface area (Å²) >= 11 is 0. The summed E-state index contributed by atoms with van der Waals surface area (Å²) in [4.78, 5) is 25.1. The van der Waals surface area contributed by atoms with Crippen molar-refractivity contribution in [3.05, 3.63) is 108 Å². The zero-order valence-corrected chi connectivity index (χ0v) is 17.6. The average Bonchev–Trinajstić information content (AvgIpc) is 2.80. The van der Waals surface area contributed by atoms with Crippen LogP contribution in [0.4, 0.5) is 11.4 Å². The Morgan fingerprint density at radius 3 is 1.63 bits per heavy atom. The molecule has 152 valence electrons. The number of aromatic nitrogens is 1. The van der Waals surface area contributed by atoms with Crippen molar-refractivity contribution in [2.75, 3.05) is 6.54 Å². The smallest absolute Gasteiger partial charge is 0.167 e. The van der Waals surface area contributed by atoms with Crippen LogP contribution in [0.3, 0.4) is 0 Å². The Labute approximate surface area is 188 Å². The third-order valence-electron chi connectivity index (χ3n) is 5.14. The minimum atomic E-state index is 0. The molecular weight excluding hydrogens is 419 g/mol. The average molecular weight is 439 g/mol. The van der Waals surface area contributed by atoms with Gasteiger partial charge in [-0.3, -0.25) is 9.59 Å². The number of carbonyl (C=O) groups excluding carboxylic acids is 2. The van der Waals surface area contributed by atoms with Crippen LogP contribution in [0.1, 0.15) is 26.3 Å². The number of aldehydes is 2. The largest absolute Gasteiger partial charge is 1.00 e. The van der Waals surface area contributed by atoms with Crippen LogP contribution in [0.25, 0.3) is 5.57 Å². The highest BCUT2D eigenvalue weighted by molar-refractivity contribution is 5.80. The number of carbonyl (C=O) groups is 2. The van der Waals surface area contributed by atoms with E-state index in [-0.39, 0.29) is 24.8 Å². The number of quaternary nitrogens is 1. The van der Waals surface area contributed by atoms with Gasteiger partial charge in [-0.1, -0.05) is 0 Å². The normalized spacial score (nSPS) is 13.9. The SMILES string of the molecule is O=Cc1ccc([N+]2(c3ccc(C=O)cc3)C=CC(c3cc[nH+]cc3)=CC2)cc1.[Cl-].[Cl-]. The van der Waals surface area contributed by atoms with Crippen LogP contribution in [-0.4, -0.2) is 19.1 Å². The fourth-order valence-corrected chi connectivity index (χ4v) is 3.54. The molecule has 0 aliphatic carbocycles. The molecule has 0 amide bonds. The first kappa shape index (κ1) is 23.2. The third kappa shape index (κ3) is 4.41. The number of nitrogens with one attached hydrogen (secondary N) is 1. The molecule has 1 aliphatic rings. The molecule has 4 rings (SSSR count). The van der Waals surface area contributed by atoms with Gasteiger partial charge >= 0.3 is 0 Å². The molecule has 3 aromatic rings. The molecule has 0 atom stereocenters. The number of aromatic amines is 1. The van der Waals surface area contributed by atoms with Crippen molar-refractivity contribution in [2.45, 2.75) is 0 Å². The molecule has 0 bridgehead atoms. The van der Waals surface area contributed by atoms with Gasteiger partial charge in [0.15, 0.2) is 12.4 Å². The zero-order valence-electron chi connectivity index (χ0n) is 16.0. The summed E-state index contributed by atoms with van der Waals surface area (Å²) in [7, 11) is 0. The van der Waals surface area contributed by atoms with Gasteiger partial charge in [0.05, 0.1) is 0 Å². The highest BCUT2D eigenvalue weighted by Crippen LogP contribution is 2.38. The van der Waals surface area contributed by atoms with Gasteiger partial charge in [0.2, 0.25) is 0 Å². The van der Waals surface area contributed by atoms with E-state index in [0.717, 1.165) is 41.6 Å². The number of nitrogens with zero attached hydrogens (tertiary/aromatic N) is 1. The Hall–Kier alpha value is -3.05. The van der Waals surface area contributed by atoms with E-state index in [0.29, 0.717) is 15.6 Å². The summed E-state index contributed by atoms with van der Waals surface area (Å²) in [5, 5.41) is 0. The Balaban J connectivity index is 0.00000160. The van der Waals surface area contributed by atoms with Crippen molar-refractivity contribution in [2.24, 2.45) is 0 Å². The molecule has 30 heavy (non-hydrogen) atoms. The van der Waals surface area contributed by atoms with E-state index in [1.807, 2.05) is 73.1 Å². The first-order valence-electron chi connectivity index (χ1n) is 9.10. The van der Waals surface area contributed by atoms with E-state index in [2.05, 4.69) is 23.3 Å². The highest BCUT2D eigenvalue weighted by atomic mass is 35.5. The van der Waals surface area contributed by atoms with Gasteiger partial charge in [0, 0.05) is 47.5 Å². The number of rotatable bonds is 5. The van der Waals surface area contributed by atoms with Gasteiger partial charge in [-0.05, 0) is 47.6 Å². The molecule has 0 radical (unpaired) electrons. The maximum absolute atomic E-state index is 11.1. The maximum Gasteiger partial charge on any atom is 0.167 e. The topological polar surface area (TPSA) is 48.3 Å². The second kappa shape index (κ2) is 10.1. The van der Waals surface area contributed by atoms with Crippen molar-refractivity contribution < 1.29 is 39.4 Å². The second-order valence-electron chi connectivity index (χ2n) is 6.73. The Morgan fingerprint density at radius 1 is 0.733 bits per heavy atom. The fraction of sp³-hybridized carbons (Fsp3) is 0.0417. The number of hydrogen-bond acceptors (Lipinski definition) is 2. The molecule has 1 aromatic heterocycles. The van der Waals surface area contributed by atoms with E-state index >= 15 is 0 Å². The highest BCUT2D eigenvalue weighted by Gasteiger charge is 2.32. The number of hydrogen-bond donors (Lipinski definition) is 0. The van der Waals surface area contributed by atoms with Gasteiger partial charge in [0.25, 0.3) is 0 Å². The monoisotopic (exact) mass is 438 g/mol. The summed E-state index contributed by atoms with van der Waals surface area (Å²) in [5.74, 6) is 0. The van der Waals surface area contributed by atoms with Crippen molar-refractivity contribution in [1.29, 1.82) is 0 Å². The quantitative estimate of drug-likeness (QED) is 0.355. The number of benzene rings is 2. The molecule has 0 fully saturated rings. The van der Waals surface area contributed by atoms with E-state index < -0.39 is 0 Å². The lowest BCUT2D eigenvalue weighted by molar-refractivity contribution is -0.378. The van der Waals surface area contributed by atoms with Crippen LogP contribution >= 0.6 is 0 Å². The molecule has 6 heteroatoms. The van der Waals surface area contributed by atoms with Crippen LogP contribution in [0.5, 0.6) is 0 Å². The van der Waals surface area contributed by atoms with Crippen LogP contribution in [0.15, 0.2) is 91.4 Å². The van der Waals surface area contributed by atoms with E-state index in [1.54, 1.807) is 0 Å². The predicted molar refractivity (Wildman–Crippen MR) is 110 cm³/mol. The molecule has 2 heterocycles. The Morgan fingerprint density at radius 2 is 1.23 bits per heavy atom. The first-order valence-corrected chi connectivity index (χ1v) is 9.10. The first-order chi connectivity index (χ1) is 13.7. The van der Waals surface area contributed by atoms with Gasteiger partial charge in [-0.25, -0.2) is 9.47 Å². The number of halogens is 2. The standard InChI is InChI=1S/C24H19N2O2.2ClH/c27-17-19-1-5-23(6-2-19)26(24-7-3-20(18-28)4-8-24)15-11-22(12-16-26)21-9-13-25-14-10-21;;/h1-15,17-18H,16H2;2*1H/q+1;;/p-1. The molecular formula is C24H20Cl2N2O2. The fourth-order valence-electron chi connectivity index (χ4n) is 3.54. The van der Waals surface area contributed by atoms with Crippen molar-refractivity contribution in [3.8, 4) is 0 Å². The molecule has 0 unspecified atom stereocenters. The van der Waals surface area contributed by atoms with Gasteiger partial charge in [0.1, 0.15) is 36.7 Å². The predicted octanol–water partition coefficient (Wildman–Crippen LogP) is -1.62. The van der Waals surface area contributed by atoms with Crippen LogP contribution in [0.2, 0.25) is 0 Å². The van der Waals surface area contributed by atoms with Crippen LogP contribution < -0.4 is 34.3 Å². The lowest BCUT2D eigenvalue weighted by atomic mass is 10.0. The molecule has 0 spiro atoms. The van der Waals surface area contributed by atoms with Gasteiger partial charge < -0.3 is 24.8 Å². The summed E-state index contributed by atoms with van der Waals surface area (Å²) in [6, 6.07) is 19.4. The minimum Gasteiger partial charge on any atom is -1.00 e. The van der Waals surface area contributed by atoms with E-state index in [9.17, 15) is 9.59 Å². The molecule has 0 saturated carbocycles. The Kier molecular flexibility index (Phi) is 7.84. The summed E-state index contributed by atoms with van der Waals surface area (Å²) in [6.45, 7) is 0.727. The summed E-state index contributed by atoms with van der Waals surface area (Å²) in [6.07, 6.45) is 12.0. The van der Waals surface area contributed by atoms with E-state index in [4.69, 9.17) is 0 Å². The van der Waals surface area contributed by atoms with Crippen molar-refractivity contribution in [3.63, 3.8) is 0 Å². The number of allylic oxidation sites excluding steroid dienone is 2. The summed E-state index contributed by atoms with van der Waals surface area (Å²) in [5.41, 5.74) is 5.72. The zero-order chi connectivity index (χ0) is 19.4.